The Morgan fingerprint density at radius 3 is 2.53 bits per heavy atom. The quantitative estimate of drug-likeness (QED) is 0.886. The lowest BCUT2D eigenvalue weighted by atomic mass is 9.71. The van der Waals surface area contributed by atoms with E-state index in [1.54, 1.807) is 0 Å². The lowest BCUT2D eigenvalue weighted by Gasteiger charge is -2.40. The number of nitrogens with zero attached hydrogens (tertiary/aromatic N) is 2. The zero-order valence-electron chi connectivity index (χ0n) is 12.2. The molecule has 1 aromatic heterocycles. The molecule has 19 heavy (non-hydrogen) atoms. The van der Waals surface area contributed by atoms with Crippen molar-refractivity contribution in [2.24, 2.45) is 11.3 Å². The highest BCUT2D eigenvalue weighted by Crippen LogP contribution is 2.39. The first-order valence-electron chi connectivity index (χ1n) is 7.32. The van der Waals surface area contributed by atoms with Gasteiger partial charge in [-0.25, -0.2) is 0 Å². The van der Waals surface area contributed by atoms with Crippen LogP contribution >= 0.6 is 0 Å². The maximum atomic E-state index is 9.81. The molecule has 0 amide bonds. The van der Waals surface area contributed by atoms with E-state index in [0.29, 0.717) is 6.61 Å². The Morgan fingerprint density at radius 2 is 1.95 bits per heavy atom. The van der Waals surface area contributed by atoms with Gasteiger partial charge in [-0.3, -0.25) is 4.98 Å². The normalized spacial score (nSPS) is 27.7. The average Bonchev–Trinajstić information content (AvgIpc) is 2.43. The highest BCUT2D eigenvalue weighted by molar-refractivity contribution is 5.09. The molecular weight excluding hydrogens is 236 g/mol. The van der Waals surface area contributed by atoms with Crippen molar-refractivity contribution >= 4 is 0 Å². The summed E-state index contributed by atoms with van der Waals surface area (Å²) in [4.78, 5) is 6.38. The van der Waals surface area contributed by atoms with Gasteiger partial charge in [-0.15, -0.1) is 0 Å². The van der Waals surface area contributed by atoms with Crippen LogP contribution in [0.4, 0.5) is 0 Å². The maximum Gasteiger partial charge on any atom is 0.0499 e. The molecule has 0 radical (unpaired) electrons. The second-order valence-electron chi connectivity index (χ2n) is 6.37. The summed E-state index contributed by atoms with van der Waals surface area (Å²) in [7, 11) is 2.15. The molecular formula is C16H26N2O. The van der Waals surface area contributed by atoms with Crippen LogP contribution in [0.15, 0.2) is 24.5 Å². The zero-order chi connectivity index (χ0) is 13.7. The van der Waals surface area contributed by atoms with Crippen LogP contribution in [0.3, 0.4) is 0 Å². The second kappa shape index (κ2) is 6.49. The molecule has 3 heteroatoms. The summed E-state index contributed by atoms with van der Waals surface area (Å²) in [5, 5.41) is 9.81. The van der Waals surface area contributed by atoms with Crippen molar-refractivity contribution in [3.05, 3.63) is 30.1 Å². The number of hydrogen-bond acceptors (Lipinski definition) is 3. The average molecular weight is 262 g/mol. The van der Waals surface area contributed by atoms with Gasteiger partial charge in [-0.05, 0) is 43.5 Å². The first-order valence-corrected chi connectivity index (χ1v) is 7.32. The number of hydrogen-bond donors (Lipinski definition) is 1. The Bertz CT molecular complexity index is 372. The topological polar surface area (TPSA) is 36.4 Å². The van der Waals surface area contributed by atoms with Crippen molar-refractivity contribution in [2.45, 2.75) is 39.2 Å². The number of rotatable bonds is 5. The van der Waals surface area contributed by atoms with Gasteiger partial charge in [-0.2, -0.15) is 0 Å². The van der Waals surface area contributed by atoms with E-state index in [1.807, 2.05) is 12.4 Å². The van der Waals surface area contributed by atoms with Crippen LogP contribution in [0.1, 0.15) is 38.2 Å². The second-order valence-corrected chi connectivity index (χ2v) is 6.37. The predicted molar refractivity (Wildman–Crippen MR) is 77.7 cm³/mol. The number of aliphatic hydroxyl groups excluding tert-OH is 1. The van der Waals surface area contributed by atoms with Crippen molar-refractivity contribution in [1.29, 1.82) is 0 Å². The van der Waals surface area contributed by atoms with Crippen LogP contribution in [-0.4, -0.2) is 35.2 Å². The molecule has 2 rings (SSSR count). The van der Waals surface area contributed by atoms with Gasteiger partial charge in [-0.1, -0.05) is 19.8 Å². The van der Waals surface area contributed by atoms with Crippen LogP contribution in [0.25, 0.3) is 0 Å². The molecule has 0 atom stereocenters. The van der Waals surface area contributed by atoms with E-state index in [9.17, 15) is 5.11 Å². The molecule has 0 spiro atoms. The molecule has 3 nitrogen and oxygen atoms in total. The van der Waals surface area contributed by atoms with Crippen molar-refractivity contribution in [3.63, 3.8) is 0 Å². The summed E-state index contributed by atoms with van der Waals surface area (Å²) < 4.78 is 0. The van der Waals surface area contributed by atoms with Gasteiger partial charge in [0.2, 0.25) is 0 Å². The van der Waals surface area contributed by atoms with Gasteiger partial charge in [0.05, 0.1) is 0 Å². The SMILES string of the molecule is CC1CCC(CO)(CN(C)Cc2ccncc2)CC1. The van der Waals surface area contributed by atoms with Gasteiger partial charge >= 0.3 is 0 Å². The number of aromatic nitrogens is 1. The van der Waals surface area contributed by atoms with Gasteiger partial charge in [0.25, 0.3) is 0 Å². The molecule has 0 saturated heterocycles. The Hall–Kier alpha value is -0.930. The lowest BCUT2D eigenvalue weighted by Crippen LogP contribution is -2.40. The summed E-state index contributed by atoms with van der Waals surface area (Å²) in [6.45, 7) is 4.56. The first kappa shape index (κ1) is 14.5. The Balaban J connectivity index is 1.91. The third-order valence-corrected chi connectivity index (χ3v) is 4.48. The number of aliphatic hydroxyl groups is 1. The third kappa shape index (κ3) is 4.02. The van der Waals surface area contributed by atoms with Gasteiger partial charge in [0, 0.05) is 37.5 Å². The Morgan fingerprint density at radius 1 is 1.32 bits per heavy atom. The molecule has 1 aliphatic carbocycles. The fourth-order valence-corrected chi connectivity index (χ4v) is 3.17. The minimum Gasteiger partial charge on any atom is -0.396 e. The molecule has 1 heterocycles. The molecule has 0 aliphatic heterocycles. The van der Waals surface area contributed by atoms with Crippen LogP contribution in [0.5, 0.6) is 0 Å². The standard InChI is InChI=1S/C16H26N2O/c1-14-3-7-16(13-19,8-4-14)12-18(2)11-15-5-9-17-10-6-15/h5-6,9-10,14,19H,3-4,7-8,11-13H2,1-2H3. The van der Waals surface area contributed by atoms with E-state index in [4.69, 9.17) is 0 Å². The molecule has 0 aromatic carbocycles. The Labute approximate surface area is 116 Å². The molecule has 0 bridgehead atoms. The highest BCUT2D eigenvalue weighted by Gasteiger charge is 2.34. The van der Waals surface area contributed by atoms with Crippen LogP contribution in [0, 0.1) is 11.3 Å². The van der Waals surface area contributed by atoms with Crippen LogP contribution < -0.4 is 0 Å². The van der Waals surface area contributed by atoms with Gasteiger partial charge in [0.1, 0.15) is 0 Å². The predicted octanol–water partition coefficient (Wildman–Crippen LogP) is 2.70. The largest absolute Gasteiger partial charge is 0.396 e. The smallest absolute Gasteiger partial charge is 0.0499 e. The van der Waals surface area contributed by atoms with Crippen molar-refractivity contribution < 1.29 is 5.11 Å². The van der Waals surface area contributed by atoms with Gasteiger partial charge < -0.3 is 10.0 Å². The molecule has 1 N–H and O–H groups in total. The molecule has 1 aliphatic rings. The third-order valence-electron chi connectivity index (χ3n) is 4.48. The monoisotopic (exact) mass is 262 g/mol. The van der Waals surface area contributed by atoms with Crippen LogP contribution in [0.2, 0.25) is 0 Å². The summed E-state index contributed by atoms with van der Waals surface area (Å²) in [5.74, 6) is 0.824. The lowest BCUT2D eigenvalue weighted by molar-refractivity contribution is 0.0346. The van der Waals surface area contributed by atoms with Crippen molar-refractivity contribution in [3.8, 4) is 0 Å². The maximum absolute atomic E-state index is 9.81. The molecule has 0 unspecified atom stereocenters. The highest BCUT2D eigenvalue weighted by atomic mass is 16.3. The van der Waals surface area contributed by atoms with Crippen molar-refractivity contribution in [1.82, 2.24) is 9.88 Å². The summed E-state index contributed by atoms with van der Waals surface area (Å²) in [6.07, 6.45) is 8.50. The summed E-state index contributed by atoms with van der Waals surface area (Å²) in [6, 6.07) is 4.12. The van der Waals surface area contributed by atoms with E-state index < -0.39 is 0 Å². The van der Waals surface area contributed by atoms with Gasteiger partial charge in [0.15, 0.2) is 0 Å². The van der Waals surface area contributed by atoms with Crippen LogP contribution in [-0.2, 0) is 6.54 Å². The van der Waals surface area contributed by atoms with Crippen molar-refractivity contribution in [2.75, 3.05) is 20.2 Å². The summed E-state index contributed by atoms with van der Waals surface area (Å²) >= 11 is 0. The fraction of sp³-hybridized carbons (Fsp3) is 0.688. The zero-order valence-corrected chi connectivity index (χ0v) is 12.2. The minimum atomic E-state index is 0.119. The molecule has 1 aromatic rings. The van der Waals surface area contributed by atoms with E-state index >= 15 is 0 Å². The van der Waals surface area contributed by atoms with E-state index in [1.165, 1.54) is 18.4 Å². The van der Waals surface area contributed by atoms with E-state index in [-0.39, 0.29) is 5.41 Å². The Kier molecular flexibility index (Phi) is 4.94. The summed E-state index contributed by atoms with van der Waals surface area (Å²) in [5.41, 5.74) is 1.41. The molecule has 1 fully saturated rings. The molecule has 1 saturated carbocycles. The number of pyridine rings is 1. The fourth-order valence-electron chi connectivity index (χ4n) is 3.17. The molecule has 106 valence electrons. The van der Waals surface area contributed by atoms with E-state index in [0.717, 1.165) is 31.8 Å². The van der Waals surface area contributed by atoms with E-state index in [2.05, 4.69) is 36.0 Å². The minimum absolute atomic E-state index is 0.119. The first-order chi connectivity index (χ1) is 9.13.